The highest BCUT2D eigenvalue weighted by atomic mass is 19.2. The molecule has 0 atom stereocenters. The van der Waals surface area contributed by atoms with Crippen LogP contribution in [0.5, 0.6) is 0 Å². The fraction of sp³-hybridized carbons (Fsp3) is 0.111. The van der Waals surface area contributed by atoms with Crippen LogP contribution in [0.15, 0.2) is 34.7 Å². The summed E-state index contributed by atoms with van der Waals surface area (Å²) in [5.74, 6) is -1.64. The molecule has 0 bridgehead atoms. The highest BCUT2D eigenvalue weighted by Crippen LogP contribution is 2.31. The number of benzene rings is 1. The number of aryl methyl sites for hydroxylation is 1. The number of nitrogen functional groups attached to an aromatic ring is 1. The van der Waals surface area contributed by atoms with Crippen LogP contribution in [0.1, 0.15) is 11.3 Å². The number of hydrogen-bond acceptors (Lipinski definition) is 4. The van der Waals surface area contributed by atoms with E-state index < -0.39 is 17.5 Å². The van der Waals surface area contributed by atoms with Gasteiger partial charge in [0.15, 0.2) is 23.0 Å². The van der Waals surface area contributed by atoms with Gasteiger partial charge in [-0.25, -0.2) is 18.2 Å². The molecule has 132 valence electrons. The zero-order valence-electron chi connectivity index (χ0n) is 13.8. The van der Waals surface area contributed by atoms with Crippen LogP contribution in [-0.2, 0) is 0 Å². The van der Waals surface area contributed by atoms with Crippen molar-refractivity contribution in [2.24, 2.45) is 0 Å². The SMILES string of the molecule is Cc1ccc(-c2nc3cc(-c4cc(F)c(C)c(F)c4F)cc(N)n3n2)o1. The number of nitrogens with two attached hydrogens (primary N) is 1. The van der Waals surface area contributed by atoms with Crippen LogP contribution in [0, 0.1) is 31.3 Å². The molecule has 0 fully saturated rings. The number of pyridine rings is 1. The summed E-state index contributed by atoms with van der Waals surface area (Å²) in [6, 6.07) is 7.25. The van der Waals surface area contributed by atoms with Gasteiger partial charge in [-0.15, -0.1) is 5.10 Å². The Morgan fingerprint density at radius 3 is 2.50 bits per heavy atom. The van der Waals surface area contributed by atoms with Gasteiger partial charge in [0.1, 0.15) is 17.4 Å². The standard InChI is InChI=1S/C18H13F3N4O/c1-8-3-4-13(26-8)18-23-15-6-10(5-14(22)25(15)24-18)11-7-12(19)9(2)16(20)17(11)21/h3-7H,22H2,1-2H3. The highest BCUT2D eigenvalue weighted by molar-refractivity contribution is 5.72. The van der Waals surface area contributed by atoms with Gasteiger partial charge in [-0.1, -0.05) is 0 Å². The fourth-order valence-corrected chi connectivity index (χ4v) is 2.72. The van der Waals surface area contributed by atoms with Crippen LogP contribution in [0.3, 0.4) is 0 Å². The Hall–Kier alpha value is -3.29. The first kappa shape index (κ1) is 16.2. The van der Waals surface area contributed by atoms with Crippen LogP contribution in [0.4, 0.5) is 19.0 Å². The Morgan fingerprint density at radius 1 is 1.04 bits per heavy atom. The maximum absolute atomic E-state index is 14.3. The third kappa shape index (κ3) is 2.42. The van der Waals surface area contributed by atoms with Crippen LogP contribution in [-0.4, -0.2) is 14.6 Å². The molecule has 0 aliphatic rings. The molecule has 26 heavy (non-hydrogen) atoms. The van der Waals surface area contributed by atoms with Crippen molar-refractivity contribution in [2.45, 2.75) is 13.8 Å². The molecule has 0 saturated carbocycles. The van der Waals surface area contributed by atoms with Gasteiger partial charge >= 0.3 is 0 Å². The summed E-state index contributed by atoms with van der Waals surface area (Å²) in [4.78, 5) is 4.30. The molecule has 4 aromatic rings. The number of furan rings is 1. The molecule has 1 aromatic carbocycles. The molecule has 5 nitrogen and oxygen atoms in total. The lowest BCUT2D eigenvalue weighted by molar-refractivity contribution is 0.489. The number of halogens is 3. The van der Waals surface area contributed by atoms with Crippen molar-refractivity contribution in [3.63, 3.8) is 0 Å². The van der Waals surface area contributed by atoms with E-state index in [4.69, 9.17) is 10.2 Å². The smallest absolute Gasteiger partial charge is 0.217 e. The second-order valence-corrected chi connectivity index (χ2v) is 5.94. The van der Waals surface area contributed by atoms with Crippen molar-refractivity contribution in [3.05, 3.63) is 59.1 Å². The highest BCUT2D eigenvalue weighted by Gasteiger charge is 2.19. The molecule has 0 radical (unpaired) electrons. The molecule has 3 heterocycles. The summed E-state index contributed by atoms with van der Waals surface area (Å²) < 4.78 is 48.9. The molecule has 4 rings (SSSR count). The summed E-state index contributed by atoms with van der Waals surface area (Å²) in [7, 11) is 0. The molecule has 8 heteroatoms. The van der Waals surface area contributed by atoms with Crippen molar-refractivity contribution < 1.29 is 17.6 Å². The third-order valence-corrected chi connectivity index (χ3v) is 4.12. The van der Waals surface area contributed by atoms with E-state index in [1.54, 1.807) is 19.1 Å². The summed E-state index contributed by atoms with van der Waals surface area (Å²) in [6.45, 7) is 2.96. The molecule has 0 saturated heterocycles. The Balaban J connectivity index is 1.91. The molecule has 0 unspecified atom stereocenters. The summed E-state index contributed by atoms with van der Waals surface area (Å²) in [5, 5.41) is 4.25. The Bertz CT molecular complexity index is 1160. The molecule has 0 amide bonds. The van der Waals surface area contributed by atoms with Gasteiger partial charge in [0.05, 0.1) is 0 Å². The summed E-state index contributed by atoms with van der Waals surface area (Å²) in [6.07, 6.45) is 0. The van der Waals surface area contributed by atoms with Crippen molar-refractivity contribution in [3.8, 4) is 22.7 Å². The van der Waals surface area contributed by atoms with Crippen LogP contribution >= 0.6 is 0 Å². The van der Waals surface area contributed by atoms with Crippen LogP contribution < -0.4 is 5.73 Å². The van der Waals surface area contributed by atoms with E-state index in [9.17, 15) is 13.2 Å². The minimum Gasteiger partial charge on any atom is -0.458 e. The van der Waals surface area contributed by atoms with Gasteiger partial charge in [-0.05, 0) is 49.7 Å². The van der Waals surface area contributed by atoms with Gasteiger partial charge in [0.2, 0.25) is 5.82 Å². The quantitative estimate of drug-likeness (QED) is 0.543. The van der Waals surface area contributed by atoms with Crippen molar-refractivity contribution in [1.82, 2.24) is 14.6 Å². The van der Waals surface area contributed by atoms with Gasteiger partial charge in [-0.3, -0.25) is 0 Å². The van der Waals surface area contributed by atoms with E-state index in [1.165, 1.54) is 23.6 Å². The topological polar surface area (TPSA) is 69.3 Å². The van der Waals surface area contributed by atoms with E-state index in [-0.39, 0.29) is 22.5 Å². The number of anilines is 1. The Labute approximate surface area is 145 Å². The first-order chi connectivity index (χ1) is 12.3. The fourth-order valence-electron chi connectivity index (χ4n) is 2.72. The van der Waals surface area contributed by atoms with Gasteiger partial charge in [-0.2, -0.15) is 4.52 Å². The zero-order chi connectivity index (χ0) is 18.6. The summed E-state index contributed by atoms with van der Waals surface area (Å²) >= 11 is 0. The van der Waals surface area contributed by atoms with E-state index in [0.717, 1.165) is 6.07 Å². The predicted molar refractivity (Wildman–Crippen MR) is 89.9 cm³/mol. The normalized spacial score (nSPS) is 11.4. The van der Waals surface area contributed by atoms with Gasteiger partial charge in [0, 0.05) is 11.1 Å². The number of hydrogen-bond donors (Lipinski definition) is 1. The molecule has 0 aliphatic carbocycles. The average Bonchev–Trinajstić information content (AvgIpc) is 3.22. The zero-order valence-corrected chi connectivity index (χ0v) is 13.8. The maximum atomic E-state index is 14.3. The molecular weight excluding hydrogens is 345 g/mol. The Kier molecular flexibility index (Phi) is 3.50. The lowest BCUT2D eigenvalue weighted by Crippen LogP contribution is -2.01. The van der Waals surface area contributed by atoms with Gasteiger partial charge in [0.25, 0.3) is 0 Å². The predicted octanol–water partition coefficient (Wildman–Crippen LogP) is 4.27. The first-order valence-electron chi connectivity index (χ1n) is 7.72. The van der Waals surface area contributed by atoms with Crippen molar-refractivity contribution in [1.29, 1.82) is 0 Å². The number of fused-ring (bicyclic) bond motifs is 1. The molecule has 0 spiro atoms. The Morgan fingerprint density at radius 2 is 1.81 bits per heavy atom. The minimum absolute atomic E-state index is 0.139. The van der Waals surface area contributed by atoms with E-state index >= 15 is 0 Å². The largest absolute Gasteiger partial charge is 0.458 e. The van der Waals surface area contributed by atoms with Gasteiger partial charge < -0.3 is 10.2 Å². The van der Waals surface area contributed by atoms with Crippen molar-refractivity contribution >= 4 is 11.5 Å². The molecule has 0 aliphatic heterocycles. The van der Waals surface area contributed by atoms with Crippen LogP contribution in [0.25, 0.3) is 28.4 Å². The number of aromatic nitrogens is 3. The lowest BCUT2D eigenvalue weighted by Gasteiger charge is -2.09. The monoisotopic (exact) mass is 358 g/mol. The van der Waals surface area contributed by atoms with E-state index in [1.807, 2.05) is 0 Å². The second kappa shape index (κ2) is 5.62. The van der Waals surface area contributed by atoms with Crippen molar-refractivity contribution in [2.75, 3.05) is 5.73 Å². The lowest BCUT2D eigenvalue weighted by atomic mass is 10.0. The van der Waals surface area contributed by atoms with Crippen LogP contribution in [0.2, 0.25) is 0 Å². The van der Waals surface area contributed by atoms with E-state index in [0.29, 0.717) is 23.0 Å². The number of rotatable bonds is 2. The molecule has 2 N–H and O–H groups in total. The molecule has 3 aromatic heterocycles. The number of nitrogens with zero attached hydrogens (tertiary/aromatic N) is 3. The maximum Gasteiger partial charge on any atom is 0.217 e. The molecular formula is C18H13F3N4O. The third-order valence-electron chi connectivity index (χ3n) is 4.12. The minimum atomic E-state index is -1.23. The van der Waals surface area contributed by atoms with E-state index in [2.05, 4.69) is 10.1 Å². The average molecular weight is 358 g/mol. The second-order valence-electron chi connectivity index (χ2n) is 5.94. The first-order valence-corrected chi connectivity index (χ1v) is 7.72. The summed E-state index contributed by atoms with van der Waals surface area (Å²) in [5.41, 5.74) is 5.84.